The summed E-state index contributed by atoms with van der Waals surface area (Å²) in [6.45, 7) is 2.77. The van der Waals surface area contributed by atoms with Gasteiger partial charge in [0, 0.05) is 23.1 Å². The average molecular weight is 394 g/mol. The van der Waals surface area contributed by atoms with Crippen LogP contribution >= 0.6 is 23.1 Å². The molecule has 2 rings (SSSR count). The summed E-state index contributed by atoms with van der Waals surface area (Å²) in [5.41, 5.74) is 2.45. The third-order valence-electron chi connectivity index (χ3n) is 3.49. The first kappa shape index (κ1) is 20.1. The number of pyridine rings is 1. The van der Waals surface area contributed by atoms with Crippen LogP contribution in [0.4, 0.5) is 0 Å². The van der Waals surface area contributed by atoms with Gasteiger partial charge in [0.25, 0.3) is 0 Å². The van der Waals surface area contributed by atoms with Crippen LogP contribution in [-0.2, 0) is 17.3 Å². The molecule has 0 aliphatic heterocycles. The lowest BCUT2D eigenvalue weighted by atomic mass is 10.1. The molecule has 134 valence electrons. The van der Waals surface area contributed by atoms with E-state index < -0.39 is 10.8 Å². The van der Waals surface area contributed by atoms with Crippen molar-refractivity contribution in [3.05, 3.63) is 34.7 Å². The number of aromatic nitrogens is 1. The standard InChI is InChI=1S/C18H23N3OS3/c1-4-5-9-25(22)13-24-18-15(11-19)14(12-21(2)3)10-16(20-18)17-7-6-8-23-17/h6-8,10H,4-5,9,12-13H2,1-3H3. The molecule has 7 heteroatoms. The predicted molar refractivity (Wildman–Crippen MR) is 108 cm³/mol. The molecule has 1 unspecified atom stereocenters. The van der Waals surface area contributed by atoms with Crippen molar-refractivity contribution in [3.63, 3.8) is 0 Å². The largest absolute Gasteiger partial charge is 0.305 e. The van der Waals surface area contributed by atoms with Crippen LogP contribution < -0.4 is 0 Å². The molecule has 25 heavy (non-hydrogen) atoms. The molecule has 0 fully saturated rings. The number of thioether (sulfide) groups is 1. The van der Waals surface area contributed by atoms with Crippen LogP contribution in [0.5, 0.6) is 0 Å². The van der Waals surface area contributed by atoms with Crippen LogP contribution in [-0.4, -0.2) is 39.0 Å². The van der Waals surface area contributed by atoms with Gasteiger partial charge in [-0.3, -0.25) is 4.21 Å². The van der Waals surface area contributed by atoms with Crippen molar-refractivity contribution in [2.75, 3.05) is 24.9 Å². The van der Waals surface area contributed by atoms with Gasteiger partial charge in [0.05, 0.1) is 21.2 Å². The van der Waals surface area contributed by atoms with Crippen molar-refractivity contribution in [3.8, 4) is 16.6 Å². The quantitative estimate of drug-likeness (QED) is 0.593. The van der Waals surface area contributed by atoms with Crippen LogP contribution in [0.2, 0.25) is 0 Å². The van der Waals surface area contributed by atoms with Gasteiger partial charge in [-0.2, -0.15) is 5.26 Å². The molecular weight excluding hydrogens is 370 g/mol. The summed E-state index contributed by atoms with van der Waals surface area (Å²) in [6.07, 6.45) is 2.01. The Morgan fingerprint density at radius 3 is 2.84 bits per heavy atom. The van der Waals surface area contributed by atoms with Gasteiger partial charge in [0.15, 0.2) is 0 Å². The van der Waals surface area contributed by atoms with Gasteiger partial charge >= 0.3 is 0 Å². The van der Waals surface area contributed by atoms with E-state index in [4.69, 9.17) is 4.98 Å². The van der Waals surface area contributed by atoms with E-state index in [1.165, 1.54) is 11.8 Å². The number of hydrogen-bond acceptors (Lipinski definition) is 6. The smallest absolute Gasteiger partial charge is 0.116 e. The number of nitrogens with zero attached hydrogens (tertiary/aromatic N) is 3. The first-order valence-corrected chi connectivity index (χ1v) is 11.5. The average Bonchev–Trinajstić information content (AvgIpc) is 3.11. The molecule has 0 saturated heterocycles. The Bertz CT molecular complexity index is 752. The second kappa shape index (κ2) is 10.1. The normalized spacial score (nSPS) is 12.3. The summed E-state index contributed by atoms with van der Waals surface area (Å²) in [6, 6.07) is 8.34. The van der Waals surface area contributed by atoms with Crippen LogP contribution in [0.25, 0.3) is 10.6 Å². The second-order valence-corrected chi connectivity index (χ2v) is 9.79. The third kappa shape index (κ3) is 5.93. The molecule has 0 aliphatic rings. The summed E-state index contributed by atoms with van der Waals surface area (Å²) < 4.78 is 12.1. The van der Waals surface area contributed by atoms with E-state index in [9.17, 15) is 9.47 Å². The Balaban J connectivity index is 2.33. The molecular formula is C18H23N3OS3. The molecule has 0 aromatic carbocycles. The second-order valence-electron chi connectivity index (χ2n) is 5.93. The lowest BCUT2D eigenvalue weighted by molar-refractivity contribution is 0.401. The zero-order chi connectivity index (χ0) is 18.2. The minimum absolute atomic E-state index is 0.483. The molecule has 0 aliphatic carbocycles. The predicted octanol–water partition coefficient (Wildman–Crippen LogP) is 4.34. The third-order valence-corrected chi connectivity index (χ3v) is 7.22. The van der Waals surface area contributed by atoms with Crippen LogP contribution in [0.15, 0.2) is 28.6 Å². The molecule has 4 nitrogen and oxygen atoms in total. The van der Waals surface area contributed by atoms with E-state index in [-0.39, 0.29) is 0 Å². The number of hydrogen-bond donors (Lipinski definition) is 0. The van der Waals surface area contributed by atoms with E-state index in [1.54, 1.807) is 11.3 Å². The van der Waals surface area contributed by atoms with Crippen molar-refractivity contribution in [1.29, 1.82) is 5.26 Å². The molecule has 2 aromatic rings. The first-order chi connectivity index (χ1) is 12.0. The Labute approximate surface area is 160 Å². The highest BCUT2D eigenvalue weighted by Gasteiger charge is 2.16. The molecule has 2 aromatic heterocycles. The Hall–Kier alpha value is -1.20. The number of thiophene rings is 1. The maximum absolute atomic E-state index is 12.1. The fourth-order valence-electron chi connectivity index (χ4n) is 2.30. The summed E-state index contributed by atoms with van der Waals surface area (Å²) in [7, 11) is 3.08. The topological polar surface area (TPSA) is 57.0 Å². The van der Waals surface area contributed by atoms with Gasteiger partial charge in [-0.25, -0.2) is 4.98 Å². The molecule has 0 N–H and O–H groups in total. The van der Waals surface area contributed by atoms with Gasteiger partial charge in [0.1, 0.15) is 11.1 Å². The number of unbranched alkanes of at least 4 members (excludes halogenated alkanes) is 1. The molecule has 0 radical (unpaired) electrons. The van der Waals surface area contributed by atoms with E-state index in [1.807, 2.05) is 42.6 Å². The lowest BCUT2D eigenvalue weighted by Crippen LogP contribution is -2.13. The SMILES string of the molecule is CCCCS(=O)CSc1nc(-c2cccs2)cc(CN(C)C)c1C#N. The maximum atomic E-state index is 12.1. The van der Waals surface area contributed by atoms with Crippen LogP contribution in [0.3, 0.4) is 0 Å². The van der Waals surface area contributed by atoms with E-state index in [0.29, 0.717) is 28.0 Å². The minimum Gasteiger partial charge on any atom is -0.305 e. The van der Waals surface area contributed by atoms with Gasteiger partial charge in [-0.15, -0.1) is 11.3 Å². The minimum atomic E-state index is -0.886. The van der Waals surface area contributed by atoms with E-state index in [2.05, 4.69) is 13.0 Å². The van der Waals surface area contributed by atoms with Gasteiger partial charge in [-0.1, -0.05) is 31.2 Å². The summed E-state index contributed by atoms with van der Waals surface area (Å²) >= 11 is 3.07. The first-order valence-electron chi connectivity index (χ1n) is 8.15. The van der Waals surface area contributed by atoms with Crippen LogP contribution in [0, 0.1) is 11.3 Å². The Morgan fingerprint density at radius 1 is 1.44 bits per heavy atom. The van der Waals surface area contributed by atoms with Crippen molar-refractivity contribution in [1.82, 2.24) is 9.88 Å². The van der Waals surface area contributed by atoms with Crippen LogP contribution in [0.1, 0.15) is 30.9 Å². The van der Waals surface area contributed by atoms with E-state index >= 15 is 0 Å². The van der Waals surface area contributed by atoms with Gasteiger partial charge < -0.3 is 4.90 Å². The molecule has 0 bridgehead atoms. The fraction of sp³-hybridized carbons (Fsp3) is 0.444. The monoisotopic (exact) mass is 393 g/mol. The van der Waals surface area contributed by atoms with E-state index in [0.717, 1.165) is 29.0 Å². The Morgan fingerprint density at radius 2 is 2.24 bits per heavy atom. The summed E-state index contributed by atoms with van der Waals surface area (Å²) in [4.78, 5) is 7.83. The maximum Gasteiger partial charge on any atom is 0.116 e. The van der Waals surface area contributed by atoms with Crippen molar-refractivity contribution >= 4 is 33.9 Å². The lowest BCUT2D eigenvalue weighted by Gasteiger charge is -2.15. The van der Waals surface area contributed by atoms with Gasteiger partial charge in [-0.05, 0) is 43.6 Å². The van der Waals surface area contributed by atoms with Crippen molar-refractivity contribution < 1.29 is 4.21 Å². The zero-order valence-electron chi connectivity index (χ0n) is 14.8. The molecule has 1 atom stereocenters. The molecule has 0 spiro atoms. The number of nitriles is 1. The Kier molecular flexibility index (Phi) is 8.10. The molecule has 0 amide bonds. The highest BCUT2D eigenvalue weighted by Crippen LogP contribution is 2.31. The highest BCUT2D eigenvalue weighted by atomic mass is 32.2. The molecule has 0 saturated carbocycles. The highest BCUT2D eigenvalue weighted by molar-refractivity contribution is 8.10. The van der Waals surface area contributed by atoms with Crippen molar-refractivity contribution in [2.45, 2.75) is 31.3 Å². The van der Waals surface area contributed by atoms with Crippen molar-refractivity contribution in [2.24, 2.45) is 0 Å². The van der Waals surface area contributed by atoms with Gasteiger partial charge in [0.2, 0.25) is 0 Å². The zero-order valence-corrected chi connectivity index (χ0v) is 17.3. The fourth-order valence-corrected chi connectivity index (χ4v) is 5.52. The molecule has 2 heterocycles. The summed E-state index contributed by atoms with van der Waals surface area (Å²) in [5.74, 6) is 0.709. The summed E-state index contributed by atoms with van der Waals surface area (Å²) in [5, 5.41) is 12.8. The number of rotatable bonds is 9.